The highest BCUT2D eigenvalue weighted by Crippen LogP contribution is 2.28. The number of benzene rings is 1. The van der Waals surface area contributed by atoms with Gasteiger partial charge in [-0.2, -0.15) is 0 Å². The van der Waals surface area contributed by atoms with Crippen molar-refractivity contribution in [2.24, 2.45) is 0 Å². The van der Waals surface area contributed by atoms with Crippen LogP contribution in [0.25, 0.3) is 11.0 Å². The number of amides is 1. The molecule has 0 atom stereocenters. The Bertz CT molecular complexity index is 1010. The Morgan fingerprint density at radius 3 is 2.62 bits per heavy atom. The van der Waals surface area contributed by atoms with Gasteiger partial charge in [0.15, 0.2) is 0 Å². The second-order valence-electron chi connectivity index (χ2n) is 6.21. The van der Waals surface area contributed by atoms with Gasteiger partial charge in [0.25, 0.3) is 0 Å². The SMILES string of the molecule is Cc1c(CCC(=O)NCc2ccncc2)c(=O)oc2c(C)c(O)ccc12. The average Bonchev–Trinajstić information content (AvgIpc) is 2.64. The summed E-state index contributed by atoms with van der Waals surface area (Å²) in [5, 5.41) is 13.4. The molecular weight excluding hydrogens is 332 g/mol. The number of phenols is 1. The molecule has 0 spiro atoms. The Balaban J connectivity index is 1.74. The van der Waals surface area contributed by atoms with Gasteiger partial charge in [-0.25, -0.2) is 4.79 Å². The van der Waals surface area contributed by atoms with Crippen LogP contribution in [0.2, 0.25) is 0 Å². The van der Waals surface area contributed by atoms with E-state index < -0.39 is 5.63 Å². The molecule has 6 nitrogen and oxygen atoms in total. The lowest BCUT2D eigenvalue weighted by molar-refractivity contribution is -0.121. The van der Waals surface area contributed by atoms with Crippen molar-refractivity contribution >= 4 is 16.9 Å². The monoisotopic (exact) mass is 352 g/mol. The third-order valence-corrected chi connectivity index (χ3v) is 4.52. The minimum absolute atomic E-state index is 0.0864. The number of aromatic hydroxyl groups is 1. The molecule has 6 heteroatoms. The number of phenolic OH excluding ortho intramolecular Hbond substituents is 1. The number of aryl methyl sites for hydroxylation is 2. The fourth-order valence-corrected chi connectivity index (χ4v) is 2.90. The Morgan fingerprint density at radius 2 is 1.88 bits per heavy atom. The number of hydrogen-bond donors (Lipinski definition) is 2. The van der Waals surface area contributed by atoms with Crippen molar-refractivity contribution in [3.05, 3.63) is 69.3 Å². The van der Waals surface area contributed by atoms with Crippen molar-refractivity contribution in [1.29, 1.82) is 0 Å². The summed E-state index contributed by atoms with van der Waals surface area (Å²) in [5.41, 5.74) is 2.68. The highest BCUT2D eigenvalue weighted by atomic mass is 16.4. The van der Waals surface area contributed by atoms with E-state index in [9.17, 15) is 14.7 Å². The fraction of sp³-hybridized carbons (Fsp3) is 0.250. The minimum Gasteiger partial charge on any atom is -0.508 e. The highest BCUT2D eigenvalue weighted by molar-refractivity contribution is 5.85. The van der Waals surface area contributed by atoms with Crippen LogP contribution in [0.15, 0.2) is 45.9 Å². The van der Waals surface area contributed by atoms with Crippen LogP contribution in [0.4, 0.5) is 0 Å². The van der Waals surface area contributed by atoms with Crippen molar-refractivity contribution in [3.8, 4) is 5.75 Å². The standard InChI is InChI=1S/C20H20N2O4/c1-12-15-3-5-17(23)13(2)19(15)26-20(25)16(12)4-6-18(24)22-11-14-7-9-21-10-8-14/h3,5,7-10,23H,4,6,11H2,1-2H3,(H,22,24). The van der Waals surface area contributed by atoms with Gasteiger partial charge in [-0.1, -0.05) is 0 Å². The molecule has 2 heterocycles. The molecule has 0 bridgehead atoms. The maximum Gasteiger partial charge on any atom is 0.339 e. The molecule has 2 N–H and O–H groups in total. The summed E-state index contributed by atoms with van der Waals surface area (Å²) < 4.78 is 5.39. The van der Waals surface area contributed by atoms with E-state index >= 15 is 0 Å². The fourth-order valence-electron chi connectivity index (χ4n) is 2.90. The van der Waals surface area contributed by atoms with Crippen LogP contribution in [0.1, 0.15) is 28.7 Å². The average molecular weight is 352 g/mol. The van der Waals surface area contributed by atoms with Crippen molar-refractivity contribution < 1.29 is 14.3 Å². The number of carbonyl (C=O) groups excluding carboxylic acids is 1. The maximum atomic E-state index is 12.3. The molecule has 3 aromatic rings. The lowest BCUT2D eigenvalue weighted by atomic mass is 10.0. The molecule has 26 heavy (non-hydrogen) atoms. The predicted molar refractivity (Wildman–Crippen MR) is 98.0 cm³/mol. The van der Waals surface area contributed by atoms with E-state index in [4.69, 9.17) is 4.42 Å². The Morgan fingerprint density at radius 1 is 1.15 bits per heavy atom. The summed E-state index contributed by atoms with van der Waals surface area (Å²) in [6.07, 6.45) is 3.83. The molecule has 0 aliphatic carbocycles. The lowest BCUT2D eigenvalue weighted by Gasteiger charge is -2.10. The molecule has 2 aromatic heterocycles. The summed E-state index contributed by atoms with van der Waals surface area (Å²) in [7, 11) is 0. The van der Waals surface area contributed by atoms with E-state index in [1.54, 1.807) is 31.5 Å². The zero-order valence-corrected chi connectivity index (χ0v) is 14.7. The second-order valence-corrected chi connectivity index (χ2v) is 6.21. The summed E-state index contributed by atoms with van der Waals surface area (Å²) in [5.74, 6) is -0.0501. The Labute approximate surface area is 150 Å². The Kier molecular flexibility index (Phi) is 5.02. The first-order valence-corrected chi connectivity index (χ1v) is 8.38. The van der Waals surface area contributed by atoms with Crippen LogP contribution in [-0.4, -0.2) is 16.0 Å². The first kappa shape index (κ1) is 17.7. The van der Waals surface area contributed by atoms with Crippen LogP contribution in [0, 0.1) is 13.8 Å². The molecule has 134 valence electrons. The number of carbonyl (C=O) groups is 1. The van der Waals surface area contributed by atoms with Gasteiger partial charge in [-0.15, -0.1) is 0 Å². The van der Waals surface area contributed by atoms with Crippen molar-refractivity contribution in [1.82, 2.24) is 10.3 Å². The molecular formula is C20H20N2O4. The molecule has 0 saturated heterocycles. The number of aromatic nitrogens is 1. The van der Waals surface area contributed by atoms with Gasteiger partial charge in [-0.3, -0.25) is 9.78 Å². The quantitative estimate of drug-likeness (QED) is 0.689. The molecule has 0 unspecified atom stereocenters. The molecule has 0 aliphatic heterocycles. The number of hydrogen-bond acceptors (Lipinski definition) is 5. The normalized spacial score (nSPS) is 10.8. The molecule has 0 aliphatic rings. The lowest BCUT2D eigenvalue weighted by Crippen LogP contribution is -2.24. The molecule has 0 saturated carbocycles. The third-order valence-electron chi connectivity index (χ3n) is 4.52. The number of fused-ring (bicyclic) bond motifs is 1. The highest BCUT2D eigenvalue weighted by Gasteiger charge is 2.15. The van der Waals surface area contributed by atoms with E-state index in [1.165, 1.54) is 0 Å². The molecule has 3 rings (SSSR count). The van der Waals surface area contributed by atoms with Crippen LogP contribution in [0.3, 0.4) is 0 Å². The van der Waals surface area contributed by atoms with Gasteiger partial charge >= 0.3 is 5.63 Å². The smallest absolute Gasteiger partial charge is 0.339 e. The van der Waals surface area contributed by atoms with Gasteiger partial charge in [0.2, 0.25) is 5.91 Å². The molecule has 0 radical (unpaired) electrons. The topological polar surface area (TPSA) is 92.4 Å². The van der Waals surface area contributed by atoms with Crippen LogP contribution < -0.4 is 10.9 Å². The first-order valence-electron chi connectivity index (χ1n) is 8.38. The molecule has 0 fully saturated rings. The van der Waals surface area contributed by atoms with Gasteiger partial charge in [0.1, 0.15) is 11.3 Å². The van der Waals surface area contributed by atoms with Crippen LogP contribution in [0.5, 0.6) is 5.75 Å². The van der Waals surface area contributed by atoms with Crippen LogP contribution >= 0.6 is 0 Å². The van der Waals surface area contributed by atoms with Crippen LogP contribution in [-0.2, 0) is 17.8 Å². The van der Waals surface area contributed by atoms with Crippen molar-refractivity contribution in [3.63, 3.8) is 0 Å². The van der Waals surface area contributed by atoms with Gasteiger partial charge in [-0.05, 0) is 55.7 Å². The number of nitrogens with one attached hydrogen (secondary N) is 1. The molecule has 1 aromatic carbocycles. The Hall–Kier alpha value is -3.15. The maximum absolute atomic E-state index is 12.3. The zero-order valence-electron chi connectivity index (χ0n) is 14.7. The summed E-state index contributed by atoms with van der Waals surface area (Å²) in [6.45, 7) is 3.96. The predicted octanol–water partition coefficient (Wildman–Crippen LogP) is 2.76. The number of pyridine rings is 1. The van der Waals surface area contributed by atoms with Gasteiger partial charge in [0.05, 0.1) is 0 Å². The van der Waals surface area contributed by atoms with Gasteiger partial charge < -0.3 is 14.8 Å². The number of nitrogens with zero attached hydrogens (tertiary/aromatic N) is 1. The van der Waals surface area contributed by atoms with E-state index in [2.05, 4.69) is 10.3 Å². The summed E-state index contributed by atoms with van der Waals surface area (Å²) in [4.78, 5) is 28.3. The van der Waals surface area contributed by atoms with Crippen molar-refractivity contribution in [2.75, 3.05) is 0 Å². The second kappa shape index (κ2) is 7.39. The summed E-state index contributed by atoms with van der Waals surface area (Å²) in [6, 6.07) is 6.97. The van der Waals surface area contributed by atoms with E-state index in [1.807, 2.05) is 19.1 Å². The zero-order chi connectivity index (χ0) is 18.7. The first-order chi connectivity index (χ1) is 12.5. The van der Waals surface area contributed by atoms with E-state index in [0.29, 0.717) is 29.7 Å². The minimum atomic E-state index is -0.467. The van der Waals surface area contributed by atoms with E-state index in [-0.39, 0.29) is 18.1 Å². The van der Waals surface area contributed by atoms with E-state index in [0.717, 1.165) is 16.5 Å². The van der Waals surface area contributed by atoms with Crippen molar-refractivity contribution in [2.45, 2.75) is 33.2 Å². The largest absolute Gasteiger partial charge is 0.508 e. The summed E-state index contributed by atoms with van der Waals surface area (Å²) >= 11 is 0. The van der Waals surface area contributed by atoms with Gasteiger partial charge in [0, 0.05) is 41.9 Å². The third kappa shape index (κ3) is 3.59. The molecule has 1 amide bonds. The number of rotatable bonds is 5.